The van der Waals surface area contributed by atoms with E-state index in [1.54, 1.807) is 17.5 Å². The number of anilines is 2. The minimum absolute atomic E-state index is 0.0213. The molecule has 3 N–H and O–H groups in total. The number of amides is 4. The van der Waals surface area contributed by atoms with Crippen LogP contribution in [0.2, 0.25) is 0 Å². The first-order valence-corrected chi connectivity index (χ1v) is 20.4. The van der Waals surface area contributed by atoms with Crippen molar-refractivity contribution >= 4 is 57.4 Å². The molecule has 0 spiro atoms. The zero-order valence-electron chi connectivity index (χ0n) is 31.7. The number of imide groups is 2. The van der Waals surface area contributed by atoms with Crippen LogP contribution in [0.25, 0.3) is 27.4 Å². The highest BCUT2D eigenvalue weighted by atomic mass is 32.1. The van der Waals surface area contributed by atoms with Crippen molar-refractivity contribution in [1.29, 1.82) is 5.26 Å². The molecule has 1 aliphatic carbocycles. The second-order valence-electron chi connectivity index (χ2n) is 15.4. The van der Waals surface area contributed by atoms with E-state index in [0.29, 0.717) is 36.3 Å². The predicted molar refractivity (Wildman–Crippen MR) is 213 cm³/mol. The summed E-state index contributed by atoms with van der Waals surface area (Å²) in [6, 6.07) is 9.57. The number of fused-ring (bicyclic) bond motifs is 2. The van der Waals surface area contributed by atoms with Crippen LogP contribution < -0.4 is 20.9 Å². The van der Waals surface area contributed by atoms with Gasteiger partial charge in [0.15, 0.2) is 5.01 Å². The molecule has 1 unspecified atom stereocenters. The molecule has 3 aliphatic heterocycles. The molecule has 58 heavy (non-hydrogen) atoms. The number of piperidine rings is 2. The first-order chi connectivity index (χ1) is 28.2. The molecule has 5 aromatic rings. The SMILES string of the molecule is CNc1cc(-n2ccc3cc(C#N)cnc32)ncc1-c1nnc([C@H]2CC[C@H](CNC3CCN(c4cc5c(cc4F)C(=O)N(C4CCC(=O)NC4=O)C5=O)CC3)CC2)s1. The van der Waals surface area contributed by atoms with Crippen molar-refractivity contribution < 1.29 is 23.6 Å². The standard InChI is InChI=1S/C41H40FN11O4S/c1-44-31-17-34(52-13-8-25-14-23(18-43)20-47-36(25)52)46-21-29(31)39-50-49-38(58-39)24-4-2-22(3-5-24)19-45-26-9-11-51(12-10-26)33-16-28-27(15-30(33)42)40(56)53(41(28)57)32-6-7-35(54)48-37(32)55/h8,13-17,20-22,24,26,32,45H,2-7,9-12,19H2,1H3,(H,44,46)(H,48,54,55)/t22-,24-,32?. The number of nitrogens with zero attached hydrogens (tertiary/aromatic N) is 8. The Hall–Kier alpha value is -6.12. The number of nitrogens with one attached hydrogen (secondary N) is 3. The monoisotopic (exact) mass is 801 g/mol. The van der Waals surface area contributed by atoms with Crippen molar-refractivity contribution in [3.8, 4) is 22.5 Å². The molecule has 17 heteroatoms. The highest BCUT2D eigenvalue weighted by Crippen LogP contribution is 2.40. The molecule has 4 aliphatic rings. The van der Waals surface area contributed by atoms with Crippen molar-refractivity contribution in [3.05, 3.63) is 76.4 Å². The third-order valence-electron chi connectivity index (χ3n) is 12.0. The fraction of sp³-hybridized carbons (Fsp3) is 0.390. The van der Waals surface area contributed by atoms with E-state index >= 15 is 4.39 Å². The molecule has 296 valence electrons. The Kier molecular flexibility index (Phi) is 9.90. The van der Waals surface area contributed by atoms with Gasteiger partial charge in [0.25, 0.3) is 11.8 Å². The Bertz CT molecular complexity index is 2510. The highest BCUT2D eigenvalue weighted by molar-refractivity contribution is 7.14. The lowest BCUT2D eigenvalue weighted by Crippen LogP contribution is -2.54. The Labute approximate surface area is 336 Å². The van der Waals surface area contributed by atoms with Gasteiger partial charge in [-0.05, 0) is 81.7 Å². The van der Waals surface area contributed by atoms with Crippen molar-refractivity contribution in [1.82, 2.24) is 40.3 Å². The first kappa shape index (κ1) is 37.5. The predicted octanol–water partition coefficient (Wildman–Crippen LogP) is 4.93. The average molecular weight is 802 g/mol. The number of hydrogen-bond donors (Lipinski definition) is 3. The molecular weight excluding hydrogens is 762 g/mol. The number of rotatable bonds is 9. The molecule has 9 rings (SSSR count). The number of aromatic nitrogens is 5. The number of pyridine rings is 2. The van der Waals surface area contributed by atoms with E-state index in [2.05, 4.69) is 37.2 Å². The Balaban J connectivity index is 0.766. The quantitative estimate of drug-likeness (QED) is 0.171. The van der Waals surface area contributed by atoms with Gasteiger partial charge in [-0.2, -0.15) is 5.26 Å². The summed E-state index contributed by atoms with van der Waals surface area (Å²) in [5.74, 6) is -1.48. The molecule has 0 radical (unpaired) electrons. The van der Waals surface area contributed by atoms with Crippen molar-refractivity contribution in [2.24, 2.45) is 5.92 Å². The van der Waals surface area contributed by atoms with E-state index in [-0.39, 0.29) is 35.7 Å². The number of carbonyl (C=O) groups excluding carboxylic acids is 4. The largest absolute Gasteiger partial charge is 0.387 e. The number of hydrogen-bond acceptors (Lipinski definition) is 13. The molecule has 3 fully saturated rings. The van der Waals surface area contributed by atoms with Crippen LogP contribution in [0.15, 0.2) is 48.9 Å². The minimum atomic E-state index is -1.09. The summed E-state index contributed by atoms with van der Waals surface area (Å²) >= 11 is 1.62. The minimum Gasteiger partial charge on any atom is -0.387 e. The van der Waals surface area contributed by atoms with Crippen LogP contribution in [0.3, 0.4) is 0 Å². The van der Waals surface area contributed by atoms with Crippen LogP contribution in [0.1, 0.15) is 88.6 Å². The molecule has 1 atom stereocenters. The molecule has 15 nitrogen and oxygen atoms in total. The topological polar surface area (TPSA) is 191 Å². The Morgan fingerprint density at radius 3 is 2.45 bits per heavy atom. The van der Waals surface area contributed by atoms with Gasteiger partial charge < -0.3 is 15.5 Å². The third kappa shape index (κ3) is 6.85. The van der Waals surface area contributed by atoms with Gasteiger partial charge in [0.1, 0.15) is 34.4 Å². The lowest BCUT2D eigenvalue weighted by molar-refractivity contribution is -0.136. The number of nitriles is 1. The smallest absolute Gasteiger partial charge is 0.262 e. The third-order valence-corrected chi connectivity index (χ3v) is 13.1. The fourth-order valence-electron chi connectivity index (χ4n) is 8.72. The number of benzene rings is 1. The fourth-order valence-corrected chi connectivity index (χ4v) is 9.76. The zero-order valence-corrected chi connectivity index (χ0v) is 32.5. The lowest BCUT2D eigenvalue weighted by Gasteiger charge is -2.35. The molecule has 4 aromatic heterocycles. The van der Waals surface area contributed by atoms with Gasteiger partial charge in [0.05, 0.1) is 27.9 Å². The summed E-state index contributed by atoms with van der Waals surface area (Å²) in [4.78, 5) is 62.4. The maximum Gasteiger partial charge on any atom is 0.262 e. The van der Waals surface area contributed by atoms with Gasteiger partial charge >= 0.3 is 0 Å². The zero-order chi connectivity index (χ0) is 40.1. The van der Waals surface area contributed by atoms with E-state index in [9.17, 15) is 24.4 Å². The van der Waals surface area contributed by atoms with Crippen LogP contribution in [-0.2, 0) is 9.59 Å². The Morgan fingerprint density at radius 1 is 0.931 bits per heavy atom. The molecule has 1 saturated carbocycles. The number of halogens is 1. The van der Waals surface area contributed by atoms with E-state index in [0.717, 1.165) is 88.3 Å². The molecular formula is C41H40FN11O4S. The maximum absolute atomic E-state index is 15.4. The number of carbonyl (C=O) groups is 4. The molecule has 1 aromatic carbocycles. The van der Waals surface area contributed by atoms with Gasteiger partial charge in [-0.3, -0.25) is 34.0 Å². The van der Waals surface area contributed by atoms with Crippen molar-refractivity contribution in [2.45, 2.75) is 69.4 Å². The summed E-state index contributed by atoms with van der Waals surface area (Å²) in [5, 5.41) is 30.4. The van der Waals surface area contributed by atoms with Gasteiger partial charge in [-0.15, -0.1) is 10.2 Å². The molecule has 4 amide bonds. The van der Waals surface area contributed by atoms with Crippen LogP contribution in [-0.4, -0.2) is 92.0 Å². The van der Waals surface area contributed by atoms with Crippen LogP contribution in [0.5, 0.6) is 0 Å². The molecule has 2 saturated heterocycles. The van der Waals surface area contributed by atoms with Gasteiger partial charge in [-0.25, -0.2) is 14.4 Å². The normalized spacial score (nSPS) is 21.4. The summed E-state index contributed by atoms with van der Waals surface area (Å²) in [5.41, 5.74) is 3.30. The van der Waals surface area contributed by atoms with Crippen LogP contribution >= 0.6 is 11.3 Å². The van der Waals surface area contributed by atoms with Gasteiger partial charge in [0.2, 0.25) is 11.8 Å². The first-order valence-electron chi connectivity index (χ1n) is 19.6. The summed E-state index contributed by atoms with van der Waals surface area (Å²) in [6.07, 6.45) is 11.2. The highest BCUT2D eigenvalue weighted by Gasteiger charge is 2.45. The average Bonchev–Trinajstić information content (AvgIpc) is 3.97. The summed E-state index contributed by atoms with van der Waals surface area (Å²) in [7, 11) is 1.87. The molecule has 0 bridgehead atoms. The van der Waals surface area contributed by atoms with Crippen molar-refractivity contribution in [2.75, 3.05) is 36.9 Å². The maximum atomic E-state index is 15.4. The molecule has 7 heterocycles. The van der Waals surface area contributed by atoms with Gasteiger partial charge in [0, 0.05) is 74.2 Å². The summed E-state index contributed by atoms with van der Waals surface area (Å²) in [6.45, 7) is 2.10. The Morgan fingerprint density at radius 2 is 1.71 bits per heavy atom. The van der Waals surface area contributed by atoms with E-state index in [1.165, 1.54) is 6.07 Å². The van der Waals surface area contributed by atoms with E-state index in [1.807, 2.05) is 47.1 Å². The lowest BCUT2D eigenvalue weighted by atomic mass is 9.82. The van der Waals surface area contributed by atoms with Crippen LogP contribution in [0, 0.1) is 23.1 Å². The van der Waals surface area contributed by atoms with Crippen molar-refractivity contribution in [3.63, 3.8) is 0 Å². The summed E-state index contributed by atoms with van der Waals surface area (Å²) < 4.78 is 17.3. The van der Waals surface area contributed by atoms with E-state index in [4.69, 9.17) is 4.98 Å². The van der Waals surface area contributed by atoms with Crippen LogP contribution in [0.4, 0.5) is 15.8 Å². The van der Waals surface area contributed by atoms with E-state index < -0.39 is 35.5 Å². The second-order valence-corrected chi connectivity index (χ2v) is 16.4. The second kappa shape index (κ2) is 15.3. The van der Waals surface area contributed by atoms with Gasteiger partial charge in [-0.1, -0.05) is 11.3 Å².